The Bertz CT molecular complexity index is 669. The Morgan fingerprint density at radius 3 is 2.46 bits per heavy atom. The van der Waals surface area contributed by atoms with Gasteiger partial charge >= 0.3 is 6.09 Å². The van der Waals surface area contributed by atoms with Crippen LogP contribution in [0.15, 0.2) is 24.3 Å². The Kier molecular flexibility index (Phi) is 7.29. The van der Waals surface area contributed by atoms with Gasteiger partial charge in [0.2, 0.25) is 0 Å². The zero-order valence-corrected chi connectivity index (χ0v) is 17.6. The van der Waals surface area contributed by atoms with Crippen molar-refractivity contribution in [3.63, 3.8) is 0 Å². The SMILES string of the molecule is CCCN(C)c1ccc(C(=O)NC[C@H]2CN(C(=O)OC(C)(C)C)C[C@H]2O)cc1. The molecule has 7 nitrogen and oxygen atoms in total. The number of aliphatic hydroxyl groups is 1. The molecule has 2 rings (SSSR count). The lowest BCUT2D eigenvalue weighted by Gasteiger charge is -2.24. The monoisotopic (exact) mass is 391 g/mol. The zero-order chi connectivity index (χ0) is 20.9. The summed E-state index contributed by atoms with van der Waals surface area (Å²) in [7, 11) is 2.02. The van der Waals surface area contributed by atoms with Crippen molar-refractivity contribution in [3.05, 3.63) is 29.8 Å². The van der Waals surface area contributed by atoms with E-state index in [2.05, 4.69) is 17.1 Å². The second-order valence-corrected chi connectivity index (χ2v) is 8.39. The van der Waals surface area contributed by atoms with Gasteiger partial charge in [-0.2, -0.15) is 0 Å². The Morgan fingerprint density at radius 2 is 1.89 bits per heavy atom. The topological polar surface area (TPSA) is 82.1 Å². The molecule has 1 aromatic rings. The summed E-state index contributed by atoms with van der Waals surface area (Å²) in [4.78, 5) is 28.2. The lowest BCUT2D eigenvalue weighted by Crippen LogP contribution is -2.36. The number of β-amino-alcohol motifs (C(OH)–C–C–N with tert-alkyl or cyclic N) is 1. The maximum atomic E-state index is 12.4. The van der Waals surface area contributed by atoms with Gasteiger partial charge in [-0.25, -0.2) is 4.79 Å². The molecule has 7 heteroatoms. The maximum Gasteiger partial charge on any atom is 0.410 e. The molecule has 0 unspecified atom stereocenters. The van der Waals surface area contributed by atoms with Crippen LogP contribution in [0.4, 0.5) is 10.5 Å². The predicted octanol–water partition coefficient (Wildman–Crippen LogP) is 2.49. The third-order valence-electron chi connectivity index (χ3n) is 4.71. The molecule has 1 heterocycles. The molecule has 28 heavy (non-hydrogen) atoms. The van der Waals surface area contributed by atoms with Crippen molar-refractivity contribution in [3.8, 4) is 0 Å². The minimum atomic E-state index is -0.683. The van der Waals surface area contributed by atoms with Crippen LogP contribution in [0.25, 0.3) is 0 Å². The largest absolute Gasteiger partial charge is 0.444 e. The highest BCUT2D eigenvalue weighted by Crippen LogP contribution is 2.20. The molecule has 0 radical (unpaired) electrons. The van der Waals surface area contributed by atoms with E-state index in [-0.39, 0.29) is 18.4 Å². The van der Waals surface area contributed by atoms with Gasteiger partial charge in [-0.1, -0.05) is 6.92 Å². The van der Waals surface area contributed by atoms with Crippen molar-refractivity contribution < 1.29 is 19.4 Å². The van der Waals surface area contributed by atoms with Gasteiger partial charge in [-0.3, -0.25) is 4.79 Å². The van der Waals surface area contributed by atoms with Crippen LogP contribution in [-0.2, 0) is 4.74 Å². The fraction of sp³-hybridized carbons (Fsp3) is 0.619. The second kappa shape index (κ2) is 9.28. The molecule has 0 bridgehead atoms. The number of nitrogens with one attached hydrogen (secondary N) is 1. The number of anilines is 1. The highest BCUT2D eigenvalue weighted by Gasteiger charge is 2.36. The summed E-state index contributed by atoms with van der Waals surface area (Å²) in [5.74, 6) is -0.404. The number of hydrogen-bond acceptors (Lipinski definition) is 5. The number of rotatable bonds is 6. The van der Waals surface area contributed by atoms with Crippen LogP contribution in [0.2, 0.25) is 0 Å². The average molecular weight is 392 g/mol. The quantitative estimate of drug-likeness (QED) is 0.779. The van der Waals surface area contributed by atoms with E-state index < -0.39 is 17.8 Å². The number of nitrogens with zero attached hydrogens (tertiary/aromatic N) is 2. The molecule has 2 atom stereocenters. The second-order valence-electron chi connectivity index (χ2n) is 8.39. The van der Waals surface area contributed by atoms with Crippen LogP contribution < -0.4 is 10.2 Å². The van der Waals surface area contributed by atoms with Gasteiger partial charge in [0.25, 0.3) is 5.91 Å². The fourth-order valence-corrected chi connectivity index (χ4v) is 3.19. The first kappa shape index (κ1) is 22.0. The van der Waals surface area contributed by atoms with E-state index in [0.29, 0.717) is 18.7 Å². The number of amides is 2. The fourth-order valence-electron chi connectivity index (χ4n) is 3.19. The summed E-state index contributed by atoms with van der Waals surface area (Å²) < 4.78 is 5.35. The molecule has 1 aliphatic heterocycles. The van der Waals surface area contributed by atoms with Gasteiger partial charge in [0.1, 0.15) is 5.60 Å². The number of hydrogen-bond donors (Lipinski definition) is 2. The van der Waals surface area contributed by atoms with Gasteiger partial charge < -0.3 is 25.0 Å². The summed E-state index contributed by atoms with van der Waals surface area (Å²) in [6, 6.07) is 7.46. The summed E-state index contributed by atoms with van der Waals surface area (Å²) in [6.45, 7) is 9.38. The molecular formula is C21H33N3O4. The number of aliphatic hydroxyl groups excluding tert-OH is 1. The highest BCUT2D eigenvalue weighted by atomic mass is 16.6. The van der Waals surface area contributed by atoms with Crippen LogP contribution in [-0.4, -0.2) is 66.9 Å². The normalized spacial score (nSPS) is 19.4. The maximum absolute atomic E-state index is 12.4. The molecule has 2 N–H and O–H groups in total. The summed E-state index contributed by atoms with van der Waals surface area (Å²) in [5, 5.41) is 13.1. The number of likely N-dealkylation sites (tertiary alicyclic amines) is 1. The molecular weight excluding hydrogens is 358 g/mol. The van der Waals surface area contributed by atoms with Gasteiger partial charge in [0, 0.05) is 43.9 Å². The third-order valence-corrected chi connectivity index (χ3v) is 4.71. The van der Waals surface area contributed by atoms with Crippen LogP contribution in [0.3, 0.4) is 0 Å². The first-order valence-electron chi connectivity index (χ1n) is 9.86. The van der Waals surface area contributed by atoms with Gasteiger partial charge in [-0.15, -0.1) is 0 Å². The van der Waals surface area contributed by atoms with E-state index in [9.17, 15) is 14.7 Å². The van der Waals surface area contributed by atoms with E-state index in [4.69, 9.17) is 4.74 Å². The zero-order valence-electron chi connectivity index (χ0n) is 17.6. The minimum Gasteiger partial charge on any atom is -0.444 e. The van der Waals surface area contributed by atoms with Crippen molar-refractivity contribution in [2.75, 3.05) is 38.1 Å². The van der Waals surface area contributed by atoms with Crippen LogP contribution in [0.1, 0.15) is 44.5 Å². The Labute approximate surface area is 167 Å². The van der Waals surface area contributed by atoms with Crippen LogP contribution in [0, 0.1) is 5.92 Å². The number of carbonyl (C=O) groups is 2. The number of ether oxygens (including phenoxy) is 1. The van der Waals surface area contributed by atoms with Crippen LogP contribution in [0.5, 0.6) is 0 Å². The standard InChI is InChI=1S/C21H33N3O4/c1-6-11-23(5)17-9-7-15(8-10-17)19(26)22-12-16-13-24(14-18(16)25)20(27)28-21(2,3)4/h7-10,16,18,25H,6,11-14H2,1-5H3,(H,22,26)/t16-,18+/m0/s1. The van der Waals surface area contributed by atoms with Crippen molar-refractivity contribution in [2.45, 2.75) is 45.8 Å². The molecule has 1 aliphatic rings. The molecule has 0 aromatic heterocycles. The van der Waals surface area contributed by atoms with Crippen molar-refractivity contribution in [1.82, 2.24) is 10.2 Å². The van der Waals surface area contributed by atoms with Gasteiger partial charge in [-0.05, 0) is 51.5 Å². The first-order chi connectivity index (χ1) is 13.1. The molecule has 0 saturated carbocycles. The molecule has 156 valence electrons. The minimum absolute atomic E-state index is 0.187. The van der Waals surface area contributed by atoms with Crippen LogP contribution >= 0.6 is 0 Å². The molecule has 2 amide bonds. The summed E-state index contributed by atoms with van der Waals surface area (Å²) in [6.07, 6.45) is -0.0620. The van der Waals surface area contributed by atoms with E-state index in [1.165, 1.54) is 4.90 Å². The predicted molar refractivity (Wildman–Crippen MR) is 110 cm³/mol. The summed E-state index contributed by atoms with van der Waals surface area (Å²) in [5.41, 5.74) is 1.06. The van der Waals surface area contributed by atoms with E-state index in [1.807, 2.05) is 19.2 Å². The summed E-state index contributed by atoms with van der Waals surface area (Å²) >= 11 is 0. The Balaban J connectivity index is 1.86. The van der Waals surface area contributed by atoms with E-state index in [0.717, 1.165) is 18.7 Å². The van der Waals surface area contributed by atoms with E-state index in [1.54, 1.807) is 32.9 Å². The highest BCUT2D eigenvalue weighted by molar-refractivity contribution is 5.94. The Morgan fingerprint density at radius 1 is 1.25 bits per heavy atom. The average Bonchev–Trinajstić information content (AvgIpc) is 2.99. The number of benzene rings is 1. The Hall–Kier alpha value is -2.28. The molecule has 1 fully saturated rings. The number of carbonyl (C=O) groups excluding carboxylic acids is 2. The van der Waals surface area contributed by atoms with E-state index >= 15 is 0 Å². The molecule has 1 saturated heterocycles. The third kappa shape index (κ3) is 6.12. The lowest BCUT2D eigenvalue weighted by atomic mass is 10.1. The van der Waals surface area contributed by atoms with Crippen molar-refractivity contribution >= 4 is 17.7 Å². The van der Waals surface area contributed by atoms with Crippen molar-refractivity contribution in [2.24, 2.45) is 5.92 Å². The van der Waals surface area contributed by atoms with Gasteiger partial charge in [0.05, 0.1) is 12.6 Å². The molecule has 1 aromatic carbocycles. The first-order valence-corrected chi connectivity index (χ1v) is 9.86. The van der Waals surface area contributed by atoms with Crippen molar-refractivity contribution in [1.29, 1.82) is 0 Å². The molecule has 0 spiro atoms. The van der Waals surface area contributed by atoms with Gasteiger partial charge in [0.15, 0.2) is 0 Å². The lowest BCUT2D eigenvalue weighted by molar-refractivity contribution is 0.0269. The smallest absolute Gasteiger partial charge is 0.410 e. The molecule has 0 aliphatic carbocycles.